The second kappa shape index (κ2) is 4.77. The van der Waals surface area contributed by atoms with E-state index in [0.717, 1.165) is 6.26 Å². The van der Waals surface area contributed by atoms with Crippen LogP contribution in [0.2, 0.25) is 0 Å². The van der Waals surface area contributed by atoms with Crippen molar-refractivity contribution in [1.29, 1.82) is 0 Å². The first-order valence-electron chi connectivity index (χ1n) is 5.24. The third kappa shape index (κ3) is 2.94. The van der Waals surface area contributed by atoms with E-state index in [2.05, 4.69) is 9.97 Å². The monoisotopic (exact) mass is 278 g/mol. The van der Waals surface area contributed by atoms with Gasteiger partial charge in [-0.05, 0) is 17.7 Å². The van der Waals surface area contributed by atoms with E-state index < -0.39 is 15.8 Å². The fourth-order valence-corrected chi connectivity index (χ4v) is 1.95. The van der Waals surface area contributed by atoms with Gasteiger partial charge in [0.2, 0.25) is 15.0 Å². The lowest BCUT2D eigenvalue weighted by Gasteiger charge is -2.02. The van der Waals surface area contributed by atoms with E-state index in [1.165, 1.54) is 24.5 Å². The number of carboxylic acid groups (broad SMARTS) is 1. The third-order valence-corrected chi connectivity index (χ3v) is 3.30. The SMILES string of the molecule is CS(=O)(=O)c1ncc(-c2ccc(C(=O)O)cc2)cn1. The number of rotatable bonds is 3. The second-order valence-electron chi connectivity index (χ2n) is 3.91. The molecule has 98 valence electrons. The number of sulfone groups is 1. The van der Waals surface area contributed by atoms with Gasteiger partial charge in [0.05, 0.1) is 5.56 Å². The minimum absolute atomic E-state index is 0.178. The molecule has 0 bridgehead atoms. The maximum absolute atomic E-state index is 11.2. The van der Waals surface area contributed by atoms with Crippen LogP contribution in [0.1, 0.15) is 10.4 Å². The van der Waals surface area contributed by atoms with Gasteiger partial charge in [-0.2, -0.15) is 0 Å². The Morgan fingerprint density at radius 1 is 1.05 bits per heavy atom. The zero-order chi connectivity index (χ0) is 14.0. The molecule has 7 heteroatoms. The van der Waals surface area contributed by atoms with Gasteiger partial charge < -0.3 is 5.11 Å². The van der Waals surface area contributed by atoms with Crippen LogP contribution >= 0.6 is 0 Å². The van der Waals surface area contributed by atoms with Crippen molar-refractivity contribution in [1.82, 2.24) is 9.97 Å². The lowest BCUT2D eigenvalue weighted by atomic mass is 10.1. The summed E-state index contributed by atoms with van der Waals surface area (Å²) in [4.78, 5) is 18.2. The molecule has 19 heavy (non-hydrogen) atoms. The van der Waals surface area contributed by atoms with E-state index in [9.17, 15) is 13.2 Å². The molecular weight excluding hydrogens is 268 g/mol. The number of nitrogens with zero attached hydrogens (tertiary/aromatic N) is 2. The van der Waals surface area contributed by atoms with Crippen molar-refractivity contribution < 1.29 is 18.3 Å². The second-order valence-corrected chi connectivity index (χ2v) is 5.82. The van der Waals surface area contributed by atoms with E-state index in [-0.39, 0.29) is 10.7 Å². The van der Waals surface area contributed by atoms with E-state index >= 15 is 0 Å². The van der Waals surface area contributed by atoms with Crippen molar-refractivity contribution >= 4 is 15.8 Å². The molecule has 0 spiro atoms. The summed E-state index contributed by atoms with van der Waals surface area (Å²) in [5.41, 5.74) is 1.51. The molecule has 0 aliphatic rings. The fourth-order valence-electron chi connectivity index (χ4n) is 1.46. The maximum atomic E-state index is 11.2. The highest BCUT2D eigenvalue weighted by atomic mass is 32.2. The molecule has 0 radical (unpaired) electrons. The number of benzene rings is 1. The molecule has 0 aliphatic heterocycles. The molecular formula is C12H10N2O4S. The van der Waals surface area contributed by atoms with Gasteiger partial charge in [-0.3, -0.25) is 0 Å². The predicted molar refractivity (Wildman–Crippen MR) is 67.5 cm³/mol. The molecule has 0 unspecified atom stereocenters. The Hall–Kier alpha value is -2.28. The first-order chi connectivity index (χ1) is 8.88. The molecule has 0 aliphatic carbocycles. The topological polar surface area (TPSA) is 97.2 Å². The summed E-state index contributed by atoms with van der Waals surface area (Å²) in [7, 11) is -3.42. The number of aromatic carboxylic acids is 1. The zero-order valence-electron chi connectivity index (χ0n) is 9.94. The normalized spacial score (nSPS) is 11.2. The van der Waals surface area contributed by atoms with Crippen LogP contribution in [0.4, 0.5) is 0 Å². The van der Waals surface area contributed by atoms with Gasteiger partial charge in [-0.15, -0.1) is 0 Å². The predicted octanol–water partition coefficient (Wildman–Crippen LogP) is 1.25. The molecule has 1 aromatic heterocycles. The van der Waals surface area contributed by atoms with Crippen molar-refractivity contribution in [2.24, 2.45) is 0 Å². The van der Waals surface area contributed by atoms with Crippen LogP contribution in [0.3, 0.4) is 0 Å². The Balaban J connectivity index is 2.35. The highest BCUT2D eigenvalue weighted by Crippen LogP contribution is 2.18. The number of aromatic nitrogens is 2. The third-order valence-electron chi connectivity index (χ3n) is 2.42. The minimum Gasteiger partial charge on any atom is -0.478 e. The number of carboxylic acids is 1. The largest absolute Gasteiger partial charge is 0.478 e. The number of hydrogen-bond donors (Lipinski definition) is 1. The molecule has 1 heterocycles. The minimum atomic E-state index is -3.42. The average molecular weight is 278 g/mol. The smallest absolute Gasteiger partial charge is 0.335 e. The van der Waals surface area contributed by atoms with Crippen LogP contribution in [0, 0.1) is 0 Å². The maximum Gasteiger partial charge on any atom is 0.335 e. The number of hydrogen-bond acceptors (Lipinski definition) is 5. The summed E-state index contributed by atoms with van der Waals surface area (Å²) in [6.45, 7) is 0. The van der Waals surface area contributed by atoms with Gasteiger partial charge >= 0.3 is 5.97 Å². The lowest BCUT2D eigenvalue weighted by Crippen LogP contribution is -2.03. The molecule has 0 amide bonds. The Morgan fingerprint density at radius 3 is 2.00 bits per heavy atom. The molecule has 6 nitrogen and oxygen atoms in total. The van der Waals surface area contributed by atoms with Crippen LogP contribution in [0.25, 0.3) is 11.1 Å². The molecule has 2 rings (SSSR count). The highest BCUT2D eigenvalue weighted by molar-refractivity contribution is 7.90. The van der Waals surface area contributed by atoms with Crippen LogP contribution < -0.4 is 0 Å². The first-order valence-corrected chi connectivity index (χ1v) is 7.13. The van der Waals surface area contributed by atoms with E-state index in [0.29, 0.717) is 11.1 Å². The van der Waals surface area contributed by atoms with Crippen LogP contribution in [-0.2, 0) is 9.84 Å². The molecule has 0 fully saturated rings. The Kier molecular flexibility index (Phi) is 3.30. The average Bonchev–Trinajstić information content (AvgIpc) is 2.38. The van der Waals surface area contributed by atoms with Crippen LogP contribution in [0.15, 0.2) is 41.8 Å². The van der Waals surface area contributed by atoms with Crippen LogP contribution in [0.5, 0.6) is 0 Å². The van der Waals surface area contributed by atoms with Gasteiger partial charge in [-0.1, -0.05) is 12.1 Å². The Morgan fingerprint density at radius 2 is 1.58 bits per heavy atom. The van der Waals surface area contributed by atoms with Gasteiger partial charge in [0.1, 0.15) is 0 Å². The van der Waals surface area contributed by atoms with Gasteiger partial charge in [-0.25, -0.2) is 23.2 Å². The van der Waals surface area contributed by atoms with Gasteiger partial charge in [0.15, 0.2) is 0 Å². The summed E-state index contributed by atoms with van der Waals surface area (Å²) in [5, 5.41) is 8.54. The van der Waals surface area contributed by atoms with Crippen LogP contribution in [-0.4, -0.2) is 35.7 Å². The zero-order valence-corrected chi connectivity index (χ0v) is 10.8. The van der Waals surface area contributed by atoms with Crippen molar-refractivity contribution in [2.45, 2.75) is 5.16 Å². The van der Waals surface area contributed by atoms with Crippen molar-refractivity contribution in [3.05, 3.63) is 42.2 Å². The highest BCUT2D eigenvalue weighted by Gasteiger charge is 2.10. The molecule has 2 aromatic rings. The summed E-state index contributed by atoms with van der Waals surface area (Å²) < 4.78 is 22.4. The number of carbonyl (C=O) groups is 1. The van der Waals surface area contributed by atoms with Crippen molar-refractivity contribution in [2.75, 3.05) is 6.26 Å². The standard InChI is InChI=1S/C12H10N2O4S/c1-19(17,18)12-13-6-10(7-14-12)8-2-4-9(5-3-8)11(15)16/h2-7H,1H3,(H,15,16). The molecule has 0 saturated carbocycles. The summed E-state index contributed by atoms with van der Waals surface area (Å²) in [6.07, 6.45) is 3.81. The molecule has 1 N–H and O–H groups in total. The lowest BCUT2D eigenvalue weighted by molar-refractivity contribution is 0.0697. The summed E-state index contributed by atoms with van der Waals surface area (Å²) >= 11 is 0. The first kappa shape index (κ1) is 13.2. The van der Waals surface area contributed by atoms with E-state index in [1.807, 2.05) is 0 Å². The Labute approximate surface area is 109 Å². The van der Waals surface area contributed by atoms with Crippen molar-refractivity contribution in [3.63, 3.8) is 0 Å². The van der Waals surface area contributed by atoms with E-state index in [4.69, 9.17) is 5.11 Å². The molecule has 1 aromatic carbocycles. The summed E-state index contributed by atoms with van der Waals surface area (Å²) in [5.74, 6) is -1.00. The quantitative estimate of drug-likeness (QED) is 0.848. The van der Waals surface area contributed by atoms with Crippen molar-refractivity contribution in [3.8, 4) is 11.1 Å². The molecule has 0 saturated heterocycles. The van der Waals surface area contributed by atoms with Gasteiger partial charge in [0, 0.05) is 24.2 Å². The van der Waals surface area contributed by atoms with Gasteiger partial charge in [0.25, 0.3) is 0 Å². The Bertz CT molecular complexity index is 706. The van der Waals surface area contributed by atoms with E-state index in [1.54, 1.807) is 12.1 Å². The summed E-state index contributed by atoms with van der Waals surface area (Å²) in [6, 6.07) is 6.15. The molecule has 0 atom stereocenters. The fraction of sp³-hybridized carbons (Fsp3) is 0.0833.